The van der Waals surface area contributed by atoms with E-state index >= 15 is 0 Å². The smallest absolute Gasteiger partial charge is 0.257 e. The van der Waals surface area contributed by atoms with Gasteiger partial charge in [-0.2, -0.15) is 0 Å². The predicted molar refractivity (Wildman–Crippen MR) is 111 cm³/mol. The van der Waals surface area contributed by atoms with Crippen molar-refractivity contribution in [3.8, 4) is 5.75 Å². The lowest BCUT2D eigenvalue weighted by Gasteiger charge is -2.34. The Labute approximate surface area is 177 Å². The second-order valence-corrected chi connectivity index (χ2v) is 8.09. The Bertz CT molecular complexity index is 716. The minimum Gasteiger partial charge on any atom is -0.496 e. The molecule has 7 nitrogen and oxygen atoms in total. The van der Waals surface area contributed by atoms with Crippen LogP contribution in [0.4, 0.5) is 0 Å². The highest BCUT2D eigenvalue weighted by molar-refractivity contribution is 6.31. The van der Waals surface area contributed by atoms with Crippen molar-refractivity contribution in [2.45, 2.75) is 25.8 Å². The molecule has 1 aromatic rings. The third kappa shape index (κ3) is 5.62. The van der Waals surface area contributed by atoms with Crippen LogP contribution in [0.1, 0.15) is 30.1 Å². The molecule has 3 rings (SSSR count). The van der Waals surface area contributed by atoms with E-state index in [-0.39, 0.29) is 17.7 Å². The zero-order valence-corrected chi connectivity index (χ0v) is 17.9. The van der Waals surface area contributed by atoms with E-state index in [9.17, 15) is 9.59 Å². The minimum absolute atomic E-state index is 0.0582. The molecule has 0 bridgehead atoms. The molecule has 1 unspecified atom stereocenters. The summed E-state index contributed by atoms with van der Waals surface area (Å²) in [4.78, 5) is 29.6. The number of morpholine rings is 1. The second-order valence-electron chi connectivity index (χ2n) is 7.65. The molecule has 1 aromatic carbocycles. The molecule has 2 heterocycles. The molecule has 0 aromatic heterocycles. The van der Waals surface area contributed by atoms with Crippen molar-refractivity contribution in [1.29, 1.82) is 0 Å². The summed E-state index contributed by atoms with van der Waals surface area (Å²) in [5.41, 5.74) is 0.460. The van der Waals surface area contributed by atoms with Crippen molar-refractivity contribution in [3.05, 3.63) is 28.8 Å². The van der Waals surface area contributed by atoms with Gasteiger partial charge in [0.2, 0.25) is 5.91 Å². The van der Waals surface area contributed by atoms with E-state index in [2.05, 4.69) is 17.1 Å². The number of nitrogens with one attached hydrogen (secondary N) is 1. The molecule has 29 heavy (non-hydrogen) atoms. The summed E-state index contributed by atoms with van der Waals surface area (Å²) in [5, 5.41) is 3.59. The standard InChI is InChI=1S/C21H30ClN3O4/c1-15(24-9-11-29-12-10-24)14-23-20(26)16-5-7-25(8-6-16)21(27)18-13-17(22)3-4-19(18)28-2/h3-4,13,15-16H,5-12,14H2,1-2H3,(H,23,26). The van der Waals surface area contributed by atoms with E-state index in [1.54, 1.807) is 23.1 Å². The summed E-state index contributed by atoms with van der Waals surface area (Å²) in [6.07, 6.45) is 1.32. The summed E-state index contributed by atoms with van der Waals surface area (Å²) in [6.45, 7) is 7.18. The first kappa shape index (κ1) is 21.9. The maximum atomic E-state index is 12.9. The van der Waals surface area contributed by atoms with Gasteiger partial charge in [-0.15, -0.1) is 0 Å². The largest absolute Gasteiger partial charge is 0.496 e. The van der Waals surface area contributed by atoms with Crippen LogP contribution in [-0.4, -0.2) is 80.7 Å². The van der Waals surface area contributed by atoms with Crippen LogP contribution in [0.2, 0.25) is 5.02 Å². The summed E-state index contributed by atoms with van der Waals surface area (Å²) in [7, 11) is 1.54. The number of carbonyl (C=O) groups is 2. The van der Waals surface area contributed by atoms with Crippen molar-refractivity contribution < 1.29 is 19.1 Å². The maximum absolute atomic E-state index is 12.9. The molecule has 0 saturated carbocycles. The normalized spacial score (nSPS) is 19.6. The number of ether oxygens (including phenoxy) is 2. The van der Waals surface area contributed by atoms with Crippen LogP contribution in [0.15, 0.2) is 18.2 Å². The van der Waals surface area contributed by atoms with E-state index in [4.69, 9.17) is 21.1 Å². The molecule has 0 spiro atoms. The first-order chi connectivity index (χ1) is 14.0. The molecule has 0 radical (unpaired) electrons. The summed E-state index contributed by atoms with van der Waals surface area (Å²) in [6, 6.07) is 5.32. The van der Waals surface area contributed by atoms with Gasteiger partial charge in [0.15, 0.2) is 0 Å². The average Bonchev–Trinajstić information content (AvgIpc) is 2.77. The van der Waals surface area contributed by atoms with Gasteiger partial charge in [0, 0.05) is 49.7 Å². The second kappa shape index (κ2) is 10.3. The molecule has 2 fully saturated rings. The fraction of sp³-hybridized carbons (Fsp3) is 0.619. The Morgan fingerprint density at radius 1 is 1.24 bits per heavy atom. The number of piperidine rings is 1. The van der Waals surface area contributed by atoms with Gasteiger partial charge in [0.25, 0.3) is 5.91 Å². The number of benzene rings is 1. The van der Waals surface area contributed by atoms with Crippen molar-refractivity contribution in [2.75, 3.05) is 53.0 Å². The van der Waals surface area contributed by atoms with Crippen LogP contribution in [0, 0.1) is 5.92 Å². The van der Waals surface area contributed by atoms with Crippen LogP contribution >= 0.6 is 11.6 Å². The first-order valence-electron chi connectivity index (χ1n) is 10.2. The average molecular weight is 424 g/mol. The van der Waals surface area contributed by atoms with E-state index < -0.39 is 0 Å². The van der Waals surface area contributed by atoms with Gasteiger partial charge >= 0.3 is 0 Å². The molecule has 8 heteroatoms. The fourth-order valence-corrected chi connectivity index (χ4v) is 4.07. The first-order valence-corrected chi connectivity index (χ1v) is 10.6. The molecule has 0 aliphatic carbocycles. The molecule has 2 aliphatic heterocycles. The lowest BCUT2D eigenvalue weighted by Crippen LogP contribution is -2.49. The zero-order chi connectivity index (χ0) is 20.8. The third-order valence-corrected chi connectivity index (χ3v) is 6.02. The third-order valence-electron chi connectivity index (χ3n) is 5.79. The van der Waals surface area contributed by atoms with Crippen LogP contribution < -0.4 is 10.1 Å². The SMILES string of the molecule is COc1ccc(Cl)cc1C(=O)N1CCC(C(=O)NCC(C)N2CCOCC2)CC1. The van der Waals surface area contributed by atoms with Crippen molar-refractivity contribution in [2.24, 2.45) is 5.92 Å². The van der Waals surface area contributed by atoms with E-state index in [0.717, 1.165) is 26.3 Å². The Hall–Kier alpha value is -1.83. The van der Waals surface area contributed by atoms with Crippen molar-refractivity contribution in [1.82, 2.24) is 15.1 Å². The number of nitrogens with zero attached hydrogens (tertiary/aromatic N) is 2. The quantitative estimate of drug-likeness (QED) is 0.758. The van der Waals surface area contributed by atoms with Crippen LogP contribution in [0.25, 0.3) is 0 Å². The Kier molecular flexibility index (Phi) is 7.75. The molecule has 1 atom stereocenters. The highest BCUT2D eigenvalue weighted by atomic mass is 35.5. The Morgan fingerprint density at radius 3 is 2.59 bits per heavy atom. The number of amides is 2. The number of halogens is 1. The minimum atomic E-state index is -0.107. The number of hydrogen-bond donors (Lipinski definition) is 1. The van der Waals surface area contributed by atoms with E-state index in [1.807, 2.05) is 0 Å². The van der Waals surface area contributed by atoms with Crippen molar-refractivity contribution >= 4 is 23.4 Å². The Morgan fingerprint density at radius 2 is 1.93 bits per heavy atom. The van der Waals surface area contributed by atoms with Crippen molar-refractivity contribution in [3.63, 3.8) is 0 Å². The van der Waals surface area contributed by atoms with Gasteiger partial charge in [-0.05, 0) is 38.0 Å². The highest BCUT2D eigenvalue weighted by Crippen LogP contribution is 2.26. The number of likely N-dealkylation sites (tertiary alicyclic amines) is 1. The number of methoxy groups -OCH3 is 1. The molecule has 2 saturated heterocycles. The van der Waals surface area contributed by atoms with Gasteiger partial charge in [-0.1, -0.05) is 11.6 Å². The molecule has 1 N–H and O–H groups in total. The van der Waals surface area contributed by atoms with Gasteiger partial charge in [-0.25, -0.2) is 0 Å². The fourth-order valence-electron chi connectivity index (χ4n) is 3.90. The number of hydrogen-bond acceptors (Lipinski definition) is 5. The predicted octanol–water partition coefficient (Wildman–Crippen LogP) is 2.04. The van der Waals surface area contributed by atoms with Gasteiger partial charge in [0.1, 0.15) is 5.75 Å². The van der Waals surface area contributed by atoms with Crippen LogP contribution in [-0.2, 0) is 9.53 Å². The van der Waals surface area contributed by atoms with Crippen LogP contribution in [0.3, 0.4) is 0 Å². The molecular weight excluding hydrogens is 394 g/mol. The molecule has 160 valence electrons. The van der Waals surface area contributed by atoms with E-state index in [1.165, 1.54) is 7.11 Å². The molecular formula is C21H30ClN3O4. The van der Waals surface area contributed by atoms with Gasteiger partial charge in [-0.3, -0.25) is 14.5 Å². The number of carbonyl (C=O) groups excluding carboxylic acids is 2. The van der Waals surface area contributed by atoms with E-state index in [0.29, 0.717) is 54.9 Å². The van der Waals surface area contributed by atoms with Crippen LogP contribution in [0.5, 0.6) is 5.75 Å². The Balaban J connectivity index is 1.48. The highest BCUT2D eigenvalue weighted by Gasteiger charge is 2.29. The monoisotopic (exact) mass is 423 g/mol. The summed E-state index contributed by atoms with van der Waals surface area (Å²) < 4.78 is 10.7. The van der Waals surface area contributed by atoms with Gasteiger partial charge < -0.3 is 19.7 Å². The summed E-state index contributed by atoms with van der Waals surface area (Å²) >= 11 is 6.05. The topological polar surface area (TPSA) is 71.1 Å². The molecule has 2 amide bonds. The van der Waals surface area contributed by atoms with Gasteiger partial charge in [0.05, 0.1) is 25.9 Å². The maximum Gasteiger partial charge on any atom is 0.257 e. The lowest BCUT2D eigenvalue weighted by molar-refractivity contribution is -0.126. The summed E-state index contributed by atoms with van der Waals surface area (Å²) in [5.74, 6) is 0.426. The number of rotatable bonds is 6. The lowest BCUT2D eigenvalue weighted by atomic mass is 9.95. The zero-order valence-electron chi connectivity index (χ0n) is 17.2. The molecule has 2 aliphatic rings.